The monoisotopic (exact) mass is 303 g/mol. The second kappa shape index (κ2) is 7.68. The van der Waals surface area contributed by atoms with Gasteiger partial charge < -0.3 is 10.6 Å². The summed E-state index contributed by atoms with van der Waals surface area (Å²) in [6.45, 7) is 4.02. The van der Waals surface area contributed by atoms with Crippen LogP contribution in [-0.4, -0.2) is 26.1 Å². The van der Waals surface area contributed by atoms with Crippen molar-refractivity contribution >= 4 is 33.2 Å². The van der Waals surface area contributed by atoms with Crippen LogP contribution in [0.4, 0.5) is 0 Å². The van der Waals surface area contributed by atoms with Gasteiger partial charge in [-0.25, -0.2) is 0 Å². The topological polar surface area (TPSA) is 36.4 Å². The Hall–Kier alpha value is -0.550. The van der Waals surface area contributed by atoms with E-state index in [9.17, 15) is 0 Å². The normalized spacial score (nSPS) is 11.6. The first-order valence-corrected chi connectivity index (χ1v) is 7.06. The van der Waals surface area contributed by atoms with Gasteiger partial charge in [0.25, 0.3) is 0 Å². The maximum absolute atomic E-state index is 4.15. The van der Waals surface area contributed by atoms with Gasteiger partial charge in [-0.1, -0.05) is 6.92 Å². The van der Waals surface area contributed by atoms with E-state index in [0.29, 0.717) is 0 Å². The van der Waals surface area contributed by atoms with Crippen molar-refractivity contribution in [2.75, 3.05) is 20.1 Å². The molecule has 0 atom stereocenters. The van der Waals surface area contributed by atoms with Crippen LogP contribution in [0.15, 0.2) is 20.9 Å². The van der Waals surface area contributed by atoms with E-state index in [-0.39, 0.29) is 0 Å². The van der Waals surface area contributed by atoms with Gasteiger partial charge in [-0.2, -0.15) is 0 Å². The standard InChI is InChI=1S/C11H18BrN3S/c1-3-7-14-11(13-2)15-8-6-9-4-5-10(12)16-9/h4-5H,3,6-8H2,1-2H3,(H2,13,14,15). The van der Waals surface area contributed by atoms with Gasteiger partial charge in [0, 0.05) is 25.0 Å². The Morgan fingerprint density at radius 1 is 1.38 bits per heavy atom. The van der Waals surface area contributed by atoms with Gasteiger partial charge in [-0.05, 0) is 40.9 Å². The summed E-state index contributed by atoms with van der Waals surface area (Å²) in [5.41, 5.74) is 0. The predicted octanol–water partition coefficient (Wildman–Crippen LogP) is 2.63. The van der Waals surface area contributed by atoms with Crippen molar-refractivity contribution in [1.82, 2.24) is 10.6 Å². The van der Waals surface area contributed by atoms with Gasteiger partial charge in [0.05, 0.1) is 3.79 Å². The third-order valence-electron chi connectivity index (χ3n) is 2.06. The van der Waals surface area contributed by atoms with Crippen molar-refractivity contribution in [3.8, 4) is 0 Å². The van der Waals surface area contributed by atoms with Crippen LogP contribution >= 0.6 is 27.3 Å². The molecule has 0 radical (unpaired) electrons. The third-order valence-corrected chi connectivity index (χ3v) is 3.74. The molecule has 0 aliphatic carbocycles. The van der Waals surface area contributed by atoms with Crippen molar-refractivity contribution in [2.45, 2.75) is 19.8 Å². The van der Waals surface area contributed by atoms with E-state index in [0.717, 1.165) is 31.9 Å². The number of hydrogen-bond donors (Lipinski definition) is 2. The van der Waals surface area contributed by atoms with E-state index in [1.54, 1.807) is 18.4 Å². The van der Waals surface area contributed by atoms with Gasteiger partial charge in [0.2, 0.25) is 0 Å². The van der Waals surface area contributed by atoms with Crippen LogP contribution < -0.4 is 10.6 Å². The van der Waals surface area contributed by atoms with Crippen LogP contribution in [0.1, 0.15) is 18.2 Å². The smallest absolute Gasteiger partial charge is 0.190 e. The van der Waals surface area contributed by atoms with Crippen LogP contribution in [0, 0.1) is 0 Å². The summed E-state index contributed by atoms with van der Waals surface area (Å²) >= 11 is 5.24. The van der Waals surface area contributed by atoms with Gasteiger partial charge in [-0.3, -0.25) is 4.99 Å². The first kappa shape index (κ1) is 13.5. The van der Waals surface area contributed by atoms with Crippen LogP contribution in [0.2, 0.25) is 0 Å². The Balaban J connectivity index is 2.23. The molecule has 0 spiro atoms. The molecule has 3 nitrogen and oxygen atoms in total. The molecule has 0 saturated carbocycles. The fourth-order valence-electron chi connectivity index (χ4n) is 1.25. The molecular formula is C11H18BrN3S. The summed E-state index contributed by atoms with van der Waals surface area (Å²) in [6.07, 6.45) is 2.14. The Kier molecular flexibility index (Phi) is 6.49. The number of hydrogen-bond acceptors (Lipinski definition) is 2. The molecule has 0 aliphatic rings. The Labute approximate surface area is 109 Å². The van der Waals surface area contributed by atoms with Gasteiger partial charge >= 0.3 is 0 Å². The molecule has 0 amide bonds. The molecule has 0 unspecified atom stereocenters. The fourth-order valence-corrected chi connectivity index (χ4v) is 2.74. The molecule has 90 valence electrons. The minimum Gasteiger partial charge on any atom is -0.356 e. The maximum Gasteiger partial charge on any atom is 0.190 e. The second-order valence-corrected chi connectivity index (χ2v) is 5.93. The number of nitrogens with one attached hydrogen (secondary N) is 2. The molecular weight excluding hydrogens is 286 g/mol. The zero-order chi connectivity index (χ0) is 11.8. The zero-order valence-corrected chi connectivity index (χ0v) is 12.1. The molecule has 0 aromatic carbocycles. The van der Waals surface area contributed by atoms with Crippen molar-refractivity contribution in [3.05, 3.63) is 20.8 Å². The van der Waals surface area contributed by atoms with Crippen LogP contribution in [-0.2, 0) is 6.42 Å². The van der Waals surface area contributed by atoms with Crippen molar-refractivity contribution in [2.24, 2.45) is 4.99 Å². The van der Waals surface area contributed by atoms with Crippen LogP contribution in [0.3, 0.4) is 0 Å². The lowest BCUT2D eigenvalue weighted by Crippen LogP contribution is -2.38. The summed E-state index contributed by atoms with van der Waals surface area (Å²) in [4.78, 5) is 5.53. The molecule has 0 aliphatic heterocycles. The lowest BCUT2D eigenvalue weighted by atomic mass is 10.3. The van der Waals surface area contributed by atoms with Crippen LogP contribution in [0.25, 0.3) is 0 Å². The minimum absolute atomic E-state index is 0.887. The van der Waals surface area contributed by atoms with Crippen molar-refractivity contribution in [1.29, 1.82) is 0 Å². The first-order chi connectivity index (χ1) is 7.76. The molecule has 16 heavy (non-hydrogen) atoms. The lowest BCUT2D eigenvalue weighted by Gasteiger charge is -2.10. The first-order valence-electron chi connectivity index (χ1n) is 5.45. The highest BCUT2D eigenvalue weighted by atomic mass is 79.9. The van der Waals surface area contributed by atoms with Gasteiger partial charge in [0.1, 0.15) is 0 Å². The average Bonchev–Trinajstić information content (AvgIpc) is 2.69. The predicted molar refractivity (Wildman–Crippen MR) is 75.4 cm³/mol. The number of aliphatic imine (C=N–C) groups is 1. The van der Waals surface area contributed by atoms with E-state index in [4.69, 9.17) is 0 Å². The Morgan fingerprint density at radius 2 is 2.12 bits per heavy atom. The fraction of sp³-hybridized carbons (Fsp3) is 0.545. The molecule has 1 rings (SSSR count). The molecule has 2 N–H and O–H groups in total. The van der Waals surface area contributed by atoms with Gasteiger partial charge in [0.15, 0.2) is 5.96 Å². The number of guanidine groups is 1. The number of rotatable bonds is 5. The van der Waals surface area contributed by atoms with Gasteiger partial charge in [-0.15, -0.1) is 11.3 Å². The third kappa shape index (κ3) is 4.99. The van der Waals surface area contributed by atoms with E-state index in [2.05, 4.69) is 50.6 Å². The largest absolute Gasteiger partial charge is 0.356 e. The zero-order valence-electron chi connectivity index (χ0n) is 9.72. The lowest BCUT2D eigenvalue weighted by molar-refractivity contribution is 0.776. The summed E-state index contributed by atoms with van der Waals surface area (Å²) in [5.74, 6) is 0.887. The summed E-state index contributed by atoms with van der Waals surface area (Å²) < 4.78 is 1.19. The maximum atomic E-state index is 4.15. The second-order valence-electron chi connectivity index (χ2n) is 3.38. The molecule has 0 bridgehead atoms. The van der Waals surface area contributed by atoms with E-state index in [1.807, 2.05) is 0 Å². The summed E-state index contributed by atoms with van der Waals surface area (Å²) in [6, 6.07) is 4.24. The summed E-state index contributed by atoms with van der Waals surface area (Å²) in [5, 5.41) is 6.54. The highest BCUT2D eigenvalue weighted by molar-refractivity contribution is 9.11. The number of halogens is 1. The molecule has 1 aromatic rings. The van der Waals surface area contributed by atoms with Crippen LogP contribution in [0.5, 0.6) is 0 Å². The van der Waals surface area contributed by atoms with E-state index in [1.165, 1.54) is 8.66 Å². The molecule has 5 heteroatoms. The molecule has 0 fully saturated rings. The molecule has 1 aromatic heterocycles. The van der Waals surface area contributed by atoms with E-state index >= 15 is 0 Å². The Bertz CT molecular complexity index is 336. The van der Waals surface area contributed by atoms with E-state index < -0.39 is 0 Å². The average molecular weight is 304 g/mol. The Morgan fingerprint density at radius 3 is 2.69 bits per heavy atom. The molecule has 0 saturated heterocycles. The van der Waals surface area contributed by atoms with Crippen molar-refractivity contribution in [3.63, 3.8) is 0 Å². The SMILES string of the molecule is CCCNC(=NC)NCCc1ccc(Br)s1. The number of thiophene rings is 1. The quantitative estimate of drug-likeness (QED) is 0.648. The number of nitrogens with zero attached hydrogens (tertiary/aromatic N) is 1. The highest BCUT2D eigenvalue weighted by Crippen LogP contribution is 2.21. The molecule has 1 heterocycles. The van der Waals surface area contributed by atoms with Crippen molar-refractivity contribution < 1.29 is 0 Å². The summed E-state index contributed by atoms with van der Waals surface area (Å²) in [7, 11) is 1.80. The minimum atomic E-state index is 0.887. The highest BCUT2D eigenvalue weighted by Gasteiger charge is 1.99.